The number of aryl methyl sites for hydroxylation is 1. The molecule has 3 atom stereocenters. The summed E-state index contributed by atoms with van der Waals surface area (Å²) in [6, 6.07) is 10.5. The van der Waals surface area contributed by atoms with Crippen molar-refractivity contribution in [2.75, 3.05) is 18.5 Å². The molecule has 15 heteroatoms. The molecule has 1 saturated carbocycles. The van der Waals surface area contributed by atoms with E-state index in [2.05, 4.69) is 48.9 Å². The van der Waals surface area contributed by atoms with E-state index in [-0.39, 0.29) is 46.3 Å². The number of anilines is 1. The van der Waals surface area contributed by atoms with Crippen LogP contribution < -0.4 is 18.5 Å². The molecule has 11 nitrogen and oxygen atoms in total. The molecule has 4 aromatic rings. The van der Waals surface area contributed by atoms with Crippen LogP contribution in [0.2, 0.25) is 23.2 Å². The third kappa shape index (κ3) is 7.93. The summed E-state index contributed by atoms with van der Waals surface area (Å²) in [6.07, 6.45) is 6.05. The maximum absolute atomic E-state index is 16.1. The van der Waals surface area contributed by atoms with Crippen molar-refractivity contribution in [3.05, 3.63) is 83.3 Å². The van der Waals surface area contributed by atoms with Crippen LogP contribution in [-0.2, 0) is 28.0 Å². The van der Waals surface area contributed by atoms with Gasteiger partial charge in [0, 0.05) is 60.9 Å². The highest BCUT2D eigenvalue weighted by atomic mass is 35.5. The minimum absolute atomic E-state index is 0.0208. The number of hydrogen-bond acceptors (Lipinski definition) is 9. The molecule has 2 aromatic heterocycles. The standard InChI is InChI=1S/C35H45ClFN5O6SSi/c1-35(2,3)50(7,8)48-25-11-12-30(26(17-25)29-13-16-40-41(29)4)47-32-20-28(37)33(19-27(32)36)49(43,44)42(34-14-15-38-22-39-34)21-23-9-10-24(45-5)18-31(23)46-6/h9-10,13-16,18-20,22,25-26,30H,11-12,17,21H2,1-8H3/t25-,26-,30+/m0/s1. The fraction of sp³-hybridized carbons (Fsp3) is 0.457. The molecule has 0 saturated heterocycles. The van der Waals surface area contributed by atoms with Gasteiger partial charge in [0.15, 0.2) is 8.32 Å². The van der Waals surface area contributed by atoms with Gasteiger partial charge in [0.25, 0.3) is 10.0 Å². The second kappa shape index (κ2) is 14.9. The number of halogens is 2. The Morgan fingerprint density at radius 1 is 1.04 bits per heavy atom. The molecule has 0 radical (unpaired) electrons. The zero-order chi connectivity index (χ0) is 36.4. The smallest absolute Gasteiger partial charge is 0.268 e. The number of hydrogen-bond donors (Lipinski definition) is 0. The number of methoxy groups -OCH3 is 2. The van der Waals surface area contributed by atoms with Gasteiger partial charge in [0.1, 0.15) is 46.2 Å². The molecule has 1 fully saturated rings. The van der Waals surface area contributed by atoms with E-state index in [1.165, 1.54) is 32.8 Å². The van der Waals surface area contributed by atoms with Gasteiger partial charge in [-0.1, -0.05) is 32.4 Å². The van der Waals surface area contributed by atoms with Gasteiger partial charge in [-0.3, -0.25) is 4.68 Å². The normalized spacial score (nSPS) is 18.5. The molecule has 0 N–H and O–H groups in total. The summed E-state index contributed by atoms with van der Waals surface area (Å²) in [5.74, 6) is -0.150. The minimum atomic E-state index is -4.57. The molecule has 0 bridgehead atoms. The van der Waals surface area contributed by atoms with Crippen LogP contribution >= 0.6 is 11.6 Å². The summed E-state index contributed by atoms with van der Waals surface area (Å²) in [5, 5.41) is 4.39. The number of sulfonamides is 1. The van der Waals surface area contributed by atoms with Gasteiger partial charge in [-0.05, 0) is 61.7 Å². The molecule has 2 aromatic carbocycles. The van der Waals surface area contributed by atoms with Crippen LogP contribution in [0.1, 0.15) is 57.2 Å². The summed E-state index contributed by atoms with van der Waals surface area (Å²) >= 11 is 6.72. The average Bonchev–Trinajstić information content (AvgIpc) is 3.50. The fourth-order valence-corrected chi connectivity index (χ4v) is 9.09. The lowest BCUT2D eigenvalue weighted by molar-refractivity contribution is 0.0518. The second-order valence-electron chi connectivity index (χ2n) is 13.9. The van der Waals surface area contributed by atoms with Crippen molar-refractivity contribution in [2.45, 2.75) is 87.7 Å². The van der Waals surface area contributed by atoms with Crippen LogP contribution in [0.5, 0.6) is 17.2 Å². The third-order valence-electron chi connectivity index (χ3n) is 9.71. The molecule has 5 rings (SSSR count). The summed E-state index contributed by atoms with van der Waals surface area (Å²) < 4.78 is 71.4. The summed E-state index contributed by atoms with van der Waals surface area (Å²) in [7, 11) is -1.75. The van der Waals surface area contributed by atoms with Crippen molar-refractivity contribution in [1.82, 2.24) is 19.7 Å². The van der Waals surface area contributed by atoms with E-state index in [0.29, 0.717) is 29.9 Å². The van der Waals surface area contributed by atoms with Crippen molar-refractivity contribution >= 4 is 35.8 Å². The molecular formula is C35H45ClFN5O6SSi. The number of rotatable bonds is 12. The summed E-state index contributed by atoms with van der Waals surface area (Å²) in [4.78, 5) is 7.44. The average molecular weight is 746 g/mol. The van der Waals surface area contributed by atoms with Crippen LogP contribution in [0.25, 0.3) is 0 Å². The highest BCUT2D eigenvalue weighted by Gasteiger charge is 2.43. The number of nitrogens with zero attached hydrogens (tertiary/aromatic N) is 5. The summed E-state index contributed by atoms with van der Waals surface area (Å²) in [5.41, 5.74) is 1.46. The molecule has 1 aliphatic rings. The molecule has 0 spiro atoms. The molecular weight excluding hydrogens is 701 g/mol. The highest BCUT2D eigenvalue weighted by Crippen LogP contribution is 2.44. The Morgan fingerprint density at radius 2 is 1.80 bits per heavy atom. The lowest BCUT2D eigenvalue weighted by atomic mass is 9.82. The fourth-order valence-electron chi connectivity index (χ4n) is 5.94. The third-order valence-corrected chi connectivity index (χ3v) is 16.3. The Labute approximate surface area is 299 Å². The van der Waals surface area contributed by atoms with E-state index >= 15 is 4.39 Å². The second-order valence-corrected chi connectivity index (χ2v) is 20.9. The predicted octanol–water partition coefficient (Wildman–Crippen LogP) is 7.52. The Bertz CT molecular complexity index is 1910. The van der Waals surface area contributed by atoms with Crippen LogP contribution in [0, 0.1) is 5.82 Å². The molecule has 2 heterocycles. The van der Waals surface area contributed by atoms with Crippen molar-refractivity contribution in [3.8, 4) is 17.2 Å². The molecule has 0 unspecified atom stereocenters. The van der Waals surface area contributed by atoms with Crippen LogP contribution in [0.15, 0.2) is 66.1 Å². The maximum Gasteiger partial charge on any atom is 0.268 e. The predicted molar refractivity (Wildman–Crippen MR) is 193 cm³/mol. The van der Waals surface area contributed by atoms with Gasteiger partial charge in [-0.15, -0.1) is 0 Å². The summed E-state index contributed by atoms with van der Waals surface area (Å²) in [6.45, 7) is 10.9. The van der Waals surface area contributed by atoms with Gasteiger partial charge in [-0.2, -0.15) is 5.10 Å². The minimum Gasteiger partial charge on any atom is -0.497 e. The molecule has 1 aliphatic carbocycles. The Hall–Kier alpha value is -3.72. The first-order valence-electron chi connectivity index (χ1n) is 16.4. The van der Waals surface area contributed by atoms with E-state index in [4.69, 9.17) is 30.2 Å². The van der Waals surface area contributed by atoms with E-state index in [9.17, 15) is 8.42 Å². The molecule has 0 aliphatic heterocycles. The van der Waals surface area contributed by atoms with Crippen LogP contribution in [0.4, 0.5) is 10.2 Å². The zero-order valence-corrected chi connectivity index (χ0v) is 32.3. The van der Waals surface area contributed by atoms with Crippen LogP contribution in [-0.4, -0.2) is 62.9 Å². The number of benzene rings is 2. The first-order chi connectivity index (χ1) is 23.6. The molecule has 0 amide bonds. The van der Waals surface area contributed by atoms with E-state index in [1.807, 2.05) is 17.8 Å². The SMILES string of the molecule is COc1ccc(CN(c2ccncn2)S(=O)(=O)c2cc(Cl)c(O[C@@H]3CC[C@H](O[Si](C)(C)C(C)(C)C)C[C@H]3c3ccnn3C)cc2F)c(OC)c1. The van der Waals surface area contributed by atoms with Gasteiger partial charge >= 0.3 is 0 Å². The maximum atomic E-state index is 16.1. The Morgan fingerprint density at radius 3 is 2.42 bits per heavy atom. The van der Waals surface area contributed by atoms with Crippen molar-refractivity contribution < 1.29 is 31.4 Å². The topological polar surface area (TPSA) is 118 Å². The van der Waals surface area contributed by atoms with Crippen molar-refractivity contribution in [3.63, 3.8) is 0 Å². The van der Waals surface area contributed by atoms with E-state index in [1.54, 1.807) is 24.4 Å². The molecule has 50 heavy (non-hydrogen) atoms. The highest BCUT2D eigenvalue weighted by molar-refractivity contribution is 7.92. The zero-order valence-electron chi connectivity index (χ0n) is 29.7. The van der Waals surface area contributed by atoms with Gasteiger partial charge in [0.05, 0.1) is 25.8 Å². The monoisotopic (exact) mass is 745 g/mol. The van der Waals surface area contributed by atoms with Crippen LogP contribution in [0.3, 0.4) is 0 Å². The van der Waals surface area contributed by atoms with Crippen molar-refractivity contribution in [2.24, 2.45) is 7.05 Å². The largest absolute Gasteiger partial charge is 0.497 e. The van der Waals surface area contributed by atoms with Gasteiger partial charge < -0.3 is 18.6 Å². The van der Waals surface area contributed by atoms with Crippen molar-refractivity contribution in [1.29, 1.82) is 0 Å². The quantitative estimate of drug-likeness (QED) is 0.136. The van der Waals surface area contributed by atoms with Gasteiger partial charge in [0.2, 0.25) is 0 Å². The molecule has 270 valence electrons. The van der Waals surface area contributed by atoms with E-state index < -0.39 is 29.1 Å². The first-order valence-corrected chi connectivity index (χ1v) is 21.1. The first kappa shape index (κ1) is 37.5. The lowest BCUT2D eigenvalue weighted by Crippen LogP contribution is -2.46. The van der Waals surface area contributed by atoms with Gasteiger partial charge in [-0.25, -0.2) is 27.1 Å². The number of ether oxygens (including phenoxy) is 3. The number of aromatic nitrogens is 4. The Balaban J connectivity index is 1.45. The van der Waals surface area contributed by atoms with E-state index in [0.717, 1.165) is 28.6 Å². The Kier molecular flexibility index (Phi) is 11.2. The lowest BCUT2D eigenvalue weighted by Gasteiger charge is -2.43.